The van der Waals surface area contributed by atoms with E-state index in [1.807, 2.05) is 0 Å². The van der Waals surface area contributed by atoms with E-state index >= 15 is 0 Å². The minimum absolute atomic E-state index is 0.0132. The van der Waals surface area contributed by atoms with Gasteiger partial charge in [0.2, 0.25) is 5.91 Å². The molecule has 2 aromatic rings. The van der Waals surface area contributed by atoms with Gasteiger partial charge in [-0.25, -0.2) is 13.2 Å². The van der Waals surface area contributed by atoms with Gasteiger partial charge in [0, 0.05) is 36.1 Å². The number of carbonyl (C=O) groups is 1. The van der Waals surface area contributed by atoms with Crippen LogP contribution in [0.15, 0.2) is 47.6 Å². The van der Waals surface area contributed by atoms with E-state index in [1.54, 1.807) is 23.1 Å². The number of benzene rings is 2. The van der Waals surface area contributed by atoms with Crippen LogP contribution in [0.3, 0.4) is 0 Å². The van der Waals surface area contributed by atoms with Crippen LogP contribution < -0.4 is 0 Å². The van der Waals surface area contributed by atoms with Crippen molar-refractivity contribution in [2.75, 3.05) is 6.54 Å². The van der Waals surface area contributed by atoms with E-state index in [0.717, 1.165) is 31.7 Å². The van der Waals surface area contributed by atoms with E-state index in [9.17, 15) is 18.0 Å². The van der Waals surface area contributed by atoms with E-state index < -0.39 is 17.7 Å². The van der Waals surface area contributed by atoms with Gasteiger partial charge in [0.1, 0.15) is 17.5 Å². The Labute approximate surface area is 173 Å². The predicted molar refractivity (Wildman–Crippen MR) is 106 cm³/mol. The third-order valence-corrected chi connectivity index (χ3v) is 5.73. The molecule has 158 valence electrons. The van der Waals surface area contributed by atoms with Crippen molar-refractivity contribution in [2.24, 2.45) is 11.1 Å². The van der Waals surface area contributed by atoms with Gasteiger partial charge in [-0.05, 0) is 31.0 Å². The highest BCUT2D eigenvalue weighted by Crippen LogP contribution is 2.28. The molecular formula is C23H23F3N2O2. The first-order valence-corrected chi connectivity index (χ1v) is 10.2. The standard InChI is InChI=1S/C23H23F3N2O2/c24-17-9-10-19(21(26)11-17)22-12-18(30-27-22)14-28(23(29)15-5-1-2-6-15)13-16-7-3-4-8-20(16)25/h3-4,7-11,15,18H,1-2,5-6,12-14H2/t18-/m1/s1. The Hall–Kier alpha value is -2.83. The smallest absolute Gasteiger partial charge is 0.226 e. The van der Waals surface area contributed by atoms with E-state index in [4.69, 9.17) is 4.84 Å². The Morgan fingerprint density at radius 2 is 1.83 bits per heavy atom. The molecule has 7 heteroatoms. The molecule has 1 atom stereocenters. The Kier molecular flexibility index (Phi) is 6.06. The fourth-order valence-corrected chi connectivity index (χ4v) is 4.15. The highest BCUT2D eigenvalue weighted by molar-refractivity contribution is 6.01. The van der Waals surface area contributed by atoms with Gasteiger partial charge in [-0.3, -0.25) is 4.79 Å². The second-order valence-corrected chi connectivity index (χ2v) is 7.89. The van der Waals surface area contributed by atoms with Crippen LogP contribution in [0.2, 0.25) is 0 Å². The third-order valence-electron chi connectivity index (χ3n) is 5.73. The minimum atomic E-state index is -0.705. The maximum absolute atomic E-state index is 14.2. The Bertz CT molecular complexity index is 957. The van der Waals surface area contributed by atoms with Crippen molar-refractivity contribution in [3.8, 4) is 0 Å². The van der Waals surface area contributed by atoms with Gasteiger partial charge in [0.15, 0.2) is 6.10 Å². The molecule has 4 nitrogen and oxygen atoms in total. The number of oxime groups is 1. The Morgan fingerprint density at radius 3 is 2.57 bits per heavy atom. The summed E-state index contributed by atoms with van der Waals surface area (Å²) in [6.45, 7) is 0.363. The van der Waals surface area contributed by atoms with Gasteiger partial charge < -0.3 is 9.74 Å². The van der Waals surface area contributed by atoms with Crippen LogP contribution in [0.4, 0.5) is 13.2 Å². The summed E-state index contributed by atoms with van der Waals surface area (Å²) in [7, 11) is 0. The highest BCUT2D eigenvalue weighted by atomic mass is 19.1. The summed E-state index contributed by atoms with van der Waals surface area (Å²) in [4.78, 5) is 20.2. The predicted octanol–water partition coefficient (Wildman–Crippen LogP) is 4.82. The van der Waals surface area contributed by atoms with Crippen LogP contribution in [0.25, 0.3) is 0 Å². The lowest BCUT2D eigenvalue weighted by Crippen LogP contribution is -2.40. The zero-order valence-electron chi connectivity index (χ0n) is 16.5. The molecule has 0 saturated heterocycles. The molecule has 4 rings (SSSR count). The van der Waals surface area contributed by atoms with E-state index in [2.05, 4.69) is 5.16 Å². The van der Waals surface area contributed by atoms with Gasteiger partial charge >= 0.3 is 0 Å². The molecule has 1 aliphatic carbocycles. The molecule has 0 unspecified atom stereocenters. The maximum Gasteiger partial charge on any atom is 0.226 e. The lowest BCUT2D eigenvalue weighted by Gasteiger charge is -2.27. The normalized spacial score (nSPS) is 18.9. The van der Waals surface area contributed by atoms with Gasteiger partial charge in [0.25, 0.3) is 0 Å². The molecular weight excluding hydrogens is 393 g/mol. The maximum atomic E-state index is 14.2. The first kappa shape index (κ1) is 20.4. The van der Waals surface area contributed by atoms with Crippen LogP contribution in [-0.2, 0) is 16.2 Å². The number of hydrogen-bond donors (Lipinski definition) is 0. The monoisotopic (exact) mass is 416 g/mol. The van der Waals surface area contributed by atoms with Crippen molar-refractivity contribution >= 4 is 11.6 Å². The van der Waals surface area contributed by atoms with Crippen molar-refractivity contribution in [3.63, 3.8) is 0 Å². The molecule has 0 radical (unpaired) electrons. The topological polar surface area (TPSA) is 41.9 Å². The minimum Gasteiger partial charge on any atom is -0.390 e. The number of rotatable bonds is 6. The molecule has 0 bridgehead atoms. The fraction of sp³-hybridized carbons (Fsp3) is 0.391. The largest absolute Gasteiger partial charge is 0.390 e. The zero-order valence-corrected chi connectivity index (χ0v) is 16.5. The average molecular weight is 416 g/mol. The summed E-state index contributed by atoms with van der Waals surface area (Å²) in [5, 5.41) is 3.95. The summed E-state index contributed by atoms with van der Waals surface area (Å²) < 4.78 is 41.4. The molecule has 2 aromatic carbocycles. The molecule has 2 aliphatic rings. The lowest BCUT2D eigenvalue weighted by atomic mass is 10.0. The number of halogens is 3. The summed E-state index contributed by atoms with van der Waals surface area (Å²) in [5.41, 5.74) is 0.992. The van der Waals surface area contributed by atoms with Crippen molar-refractivity contribution in [1.82, 2.24) is 4.90 Å². The highest BCUT2D eigenvalue weighted by Gasteiger charge is 2.32. The van der Waals surface area contributed by atoms with Gasteiger partial charge in [-0.2, -0.15) is 0 Å². The first-order valence-electron chi connectivity index (χ1n) is 10.2. The molecule has 30 heavy (non-hydrogen) atoms. The fourth-order valence-electron chi connectivity index (χ4n) is 4.15. The molecule has 1 heterocycles. The molecule has 0 aromatic heterocycles. The second-order valence-electron chi connectivity index (χ2n) is 7.89. The molecule has 0 spiro atoms. The zero-order chi connectivity index (χ0) is 21.1. The van der Waals surface area contributed by atoms with E-state index in [-0.39, 0.29) is 42.7 Å². The lowest BCUT2D eigenvalue weighted by molar-refractivity contribution is -0.137. The van der Waals surface area contributed by atoms with Gasteiger partial charge in [-0.1, -0.05) is 36.2 Å². The van der Waals surface area contributed by atoms with Crippen LogP contribution in [0.5, 0.6) is 0 Å². The summed E-state index contributed by atoms with van der Waals surface area (Å²) in [6.07, 6.45) is 3.51. The van der Waals surface area contributed by atoms with Gasteiger partial charge in [0.05, 0.1) is 12.3 Å². The Balaban J connectivity index is 1.48. The summed E-state index contributed by atoms with van der Waals surface area (Å²) >= 11 is 0. The molecule has 1 aliphatic heterocycles. The van der Waals surface area contributed by atoms with Crippen molar-refractivity contribution < 1.29 is 22.8 Å². The number of hydrogen-bond acceptors (Lipinski definition) is 3. The SMILES string of the molecule is O=C(C1CCCC1)N(Cc1ccccc1F)C[C@H]1CC(c2ccc(F)cc2F)=NO1. The van der Waals surface area contributed by atoms with Crippen LogP contribution in [0.1, 0.15) is 43.2 Å². The summed E-state index contributed by atoms with van der Waals surface area (Å²) in [5.74, 6) is -1.80. The molecule has 1 amide bonds. The molecule has 1 saturated carbocycles. The Morgan fingerprint density at radius 1 is 1.07 bits per heavy atom. The van der Waals surface area contributed by atoms with Crippen molar-refractivity contribution in [1.29, 1.82) is 0 Å². The van der Waals surface area contributed by atoms with Crippen LogP contribution >= 0.6 is 0 Å². The number of carbonyl (C=O) groups excluding carboxylic acids is 1. The van der Waals surface area contributed by atoms with Crippen LogP contribution in [-0.4, -0.2) is 29.2 Å². The molecule has 0 N–H and O–H groups in total. The number of nitrogens with zero attached hydrogens (tertiary/aromatic N) is 2. The van der Waals surface area contributed by atoms with Crippen LogP contribution in [0, 0.1) is 23.4 Å². The molecule has 1 fully saturated rings. The van der Waals surface area contributed by atoms with E-state index in [0.29, 0.717) is 11.3 Å². The second kappa shape index (κ2) is 8.90. The van der Waals surface area contributed by atoms with Gasteiger partial charge in [-0.15, -0.1) is 0 Å². The quantitative estimate of drug-likeness (QED) is 0.678. The third kappa shape index (κ3) is 4.50. The number of amides is 1. The van der Waals surface area contributed by atoms with Crippen molar-refractivity contribution in [3.05, 3.63) is 71.0 Å². The first-order chi connectivity index (χ1) is 14.5. The summed E-state index contributed by atoms with van der Waals surface area (Å²) in [6, 6.07) is 9.69. The van der Waals surface area contributed by atoms with E-state index in [1.165, 1.54) is 18.2 Å². The average Bonchev–Trinajstić information content (AvgIpc) is 3.41. The van der Waals surface area contributed by atoms with Crippen molar-refractivity contribution in [2.45, 2.75) is 44.8 Å².